The first-order valence-corrected chi connectivity index (χ1v) is 6.00. The third-order valence-electron chi connectivity index (χ3n) is 3.52. The summed E-state index contributed by atoms with van der Waals surface area (Å²) in [6.45, 7) is 2.23. The summed E-state index contributed by atoms with van der Waals surface area (Å²) in [5, 5.41) is 0. The van der Waals surface area contributed by atoms with Crippen molar-refractivity contribution < 1.29 is 0 Å². The molecule has 0 saturated heterocycles. The average molecular weight is 203 g/mol. The van der Waals surface area contributed by atoms with E-state index in [1.54, 1.807) is 11.1 Å². The fourth-order valence-electron chi connectivity index (χ4n) is 2.60. The summed E-state index contributed by atoms with van der Waals surface area (Å²) < 4.78 is 0. The van der Waals surface area contributed by atoms with E-state index in [1.165, 1.54) is 24.8 Å². The topological polar surface area (TPSA) is 3.24 Å². The van der Waals surface area contributed by atoms with Gasteiger partial charge in [-0.05, 0) is 56.5 Å². The number of hydrogen-bond donors (Lipinski definition) is 0. The monoisotopic (exact) mass is 203 g/mol. The van der Waals surface area contributed by atoms with Crippen LogP contribution in [0.25, 0.3) is 0 Å². The molecule has 1 aromatic carbocycles. The van der Waals surface area contributed by atoms with Crippen LogP contribution in [0.5, 0.6) is 0 Å². The van der Waals surface area contributed by atoms with Crippen LogP contribution in [0.2, 0.25) is 0 Å². The number of aryl methyl sites for hydroxylation is 2. The maximum absolute atomic E-state index is 2.41. The second-order valence-corrected chi connectivity index (χ2v) is 4.76. The second kappa shape index (κ2) is 4.36. The third-order valence-corrected chi connectivity index (χ3v) is 3.52. The standard InChI is InChI=1S/C14H21N/c1-4-11-8-9-13-12(10-11)6-5-7-14(13)15(2)3/h8-10,14H,4-7H2,1-3H3. The van der Waals surface area contributed by atoms with E-state index in [2.05, 4.69) is 44.1 Å². The predicted octanol–water partition coefficient (Wildman–Crippen LogP) is 3.19. The second-order valence-electron chi connectivity index (χ2n) is 4.76. The van der Waals surface area contributed by atoms with E-state index < -0.39 is 0 Å². The molecule has 0 fully saturated rings. The van der Waals surface area contributed by atoms with Gasteiger partial charge in [0.1, 0.15) is 0 Å². The molecular weight excluding hydrogens is 182 g/mol. The number of rotatable bonds is 2. The van der Waals surface area contributed by atoms with Gasteiger partial charge in [-0.25, -0.2) is 0 Å². The minimum atomic E-state index is 0.639. The van der Waals surface area contributed by atoms with Crippen LogP contribution in [0, 0.1) is 0 Å². The van der Waals surface area contributed by atoms with Crippen LogP contribution in [0.4, 0.5) is 0 Å². The zero-order valence-electron chi connectivity index (χ0n) is 10.1. The zero-order chi connectivity index (χ0) is 10.8. The summed E-state index contributed by atoms with van der Waals surface area (Å²) in [4.78, 5) is 2.35. The molecule has 15 heavy (non-hydrogen) atoms. The molecule has 2 rings (SSSR count). The summed E-state index contributed by atoms with van der Waals surface area (Å²) in [7, 11) is 4.38. The predicted molar refractivity (Wildman–Crippen MR) is 65.2 cm³/mol. The molecule has 0 aromatic heterocycles. The van der Waals surface area contributed by atoms with Gasteiger partial charge in [0, 0.05) is 6.04 Å². The van der Waals surface area contributed by atoms with Crippen molar-refractivity contribution in [3.05, 3.63) is 34.9 Å². The van der Waals surface area contributed by atoms with Crippen molar-refractivity contribution >= 4 is 0 Å². The van der Waals surface area contributed by atoms with Crippen molar-refractivity contribution in [2.75, 3.05) is 14.1 Å². The highest BCUT2D eigenvalue weighted by atomic mass is 15.1. The van der Waals surface area contributed by atoms with Gasteiger partial charge in [-0.1, -0.05) is 25.1 Å². The molecule has 1 nitrogen and oxygen atoms in total. The molecule has 0 N–H and O–H groups in total. The van der Waals surface area contributed by atoms with Crippen molar-refractivity contribution in [3.8, 4) is 0 Å². The van der Waals surface area contributed by atoms with Crippen molar-refractivity contribution in [3.63, 3.8) is 0 Å². The molecule has 1 unspecified atom stereocenters. The smallest absolute Gasteiger partial charge is 0.0344 e. The number of fused-ring (bicyclic) bond motifs is 1. The van der Waals surface area contributed by atoms with Crippen molar-refractivity contribution in [1.29, 1.82) is 0 Å². The van der Waals surface area contributed by atoms with Gasteiger partial charge in [0.05, 0.1) is 0 Å². The number of hydrogen-bond acceptors (Lipinski definition) is 1. The molecule has 0 amide bonds. The highest BCUT2D eigenvalue weighted by Crippen LogP contribution is 2.33. The third kappa shape index (κ3) is 2.07. The summed E-state index contributed by atoms with van der Waals surface area (Å²) in [6.07, 6.45) is 5.07. The molecule has 0 bridgehead atoms. The van der Waals surface area contributed by atoms with Crippen LogP contribution in [0.1, 0.15) is 42.5 Å². The van der Waals surface area contributed by atoms with Crippen LogP contribution in [-0.2, 0) is 12.8 Å². The molecule has 0 spiro atoms. The van der Waals surface area contributed by atoms with Crippen LogP contribution in [0.3, 0.4) is 0 Å². The lowest BCUT2D eigenvalue weighted by Crippen LogP contribution is -2.24. The molecule has 1 atom stereocenters. The van der Waals surface area contributed by atoms with Gasteiger partial charge in [-0.15, -0.1) is 0 Å². The quantitative estimate of drug-likeness (QED) is 0.713. The molecule has 0 heterocycles. The molecule has 0 aliphatic heterocycles. The van der Waals surface area contributed by atoms with Gasteiger partial charge in [-0.3, -0.25) is 0 Å². The van der Waals surface area contributed by atoms with Gasteiger partial charge in [-0.2, -0.15) is 0 Å². The Labute approximate surface area is 93.1 Å². The van der Waals surface area contributed by atoms with Crippen LogP contribution >= 0.6 is 0 Å². The Morgan fingerprint density at radius 3 is 2.80 bits per heavy atom. The van der Waals surface area contributed by atoms with Crippen molar-refractivity contribution in [1.82, 2.24) is 4.90 Å². The maximum atomic E-state index is 2.41. The van der Waals surface area contributed by atoms with Gasteiger partial charge in [0.25, 0.3) is 0 Å². The minimum absolute atomic E-state index is 0.639. The lowest BCUT2D eigenvalue weighted by atomic mass is 9.86. The largest absolute Gasteiger partial charge is 0.302 e. The van der Waals surface area contributed by atoms with E-state index in [0.717, 1.165) is 6.42 Å². The zero-order valence-corrected chi connectivity index (χ0v) is 10.1. The maximum Gasteiger partial charge on any atom is 0.0344 e. The van der Waals surface area contributed by atoms with Gasteiger partial charge in [0.2, 0.25) is 0 Å². The Hall–Kier alpha value is -0.820. The van der Waals surface area contributed by atoms with Gasteiger partial charge < -0.3 is 4.90 Å². The molecule has 1 aliphatic rings. The Balaban J connectivity index is 2.36. The van der Waals surface area contributed by atoms with Crippen LogP contribution < -0.4 is 0 Å². The minimum Gasteiger partial charge on any atom is -0.302 e. The molecule has 0 saturated carbocycles. The summed E-state index contributed by atoms with van der Waals surface area (Å²) in [5.74, 6) is 0. The summed E-state index contributed by atoms with van der Waals surface area (Å²) in [5.41, 5.74) is 4.62. The number of nitrogens with zero attached hydrogens (tertiary/aromatic N) is 1. The molecular formula is C14H21N. The Morgan fingerprint density at radius 2 is 2.13 bits per heavy atom. The lowest BCUT2D eigenvalue weighted by Gasteiger charge is -2.31. The molecule has 0 radical (unpaired) electrons. The van der Waals surface area contributed by atoms with E-state index in [0.29, 0.717) is 6.04 Å². The van der Waals surface area contributed by atoms with Gasteiger partial charge >= 0.3 is 0 Å². The first kappa shape index (κ1) is 10.7. The Bertz CT molecular complexity index is 341. The van der Waals surface area contributed by atoms with E-state index in [9.17, 15) is 0 Å². The summed E-state index contributed by atoms with van der Waals surface area (Å²) in [6, 6.07) is 7.68. The molecule has 1 heteroatoms. The average Bonchev–Trinajstić information content (AvgIpc) is 2.27. The Morgan fingerprint density at radius 1 is 1.33 bits per heavy atom. The molecule has 1 aliphatic carbocycles. The first-order chi connectivity index (χ1) is 7.22. The van der Waals surface area contributed by atoms with E-state index in [-0.39, 0.29) is 0 Å². The van der Waals surface area contributed by atoms with E-state index in [4.69, 9.17) is 0 Å². The van der Waals surface area contributed by atoms with Gasteiger partial charge in [0.15, 0.2) is 0 Å². The highest BCUT2D eigenvalue weighted by Gasteiger charge is 2.21. The normalized spacial score (nSPS) is 20.4. The van der Waals surface area contributed by atoms with Crippen molar-refractivity contribution in [2.24, 2.45) is 0 Å². The molecule has 82 valence electrons. The highest BCUT2D eigenvalue weighted by molar-refractivity contribution is 5.36. The first-order valence-electron chi connectivity index (χ1n) is 6.00. The van der Waals surface area contributed by atoms with Crippen LogP contribution in [0.15, 0.2) is 18.2 Å². The van der Waals surface area contributed by atoms with E-state index >= 15 is 0 Å². The van der Waals surface area contributed by atoms with E-state index in [1.807, 2.05) is 0 Å². The SMILES string of the molecule is CCc1ccc2c(c1)CCCC2N(C)C. The molecule has 1 aromatic rings. The number of benzene rings is 1. The summed E-state index contributed by atoms with van der Waals surface area (Å²) >= 11 is 0. The fourth-order valence-corrected chi connectivity index (χ4v) is 2.60. The Kier molecular flexibility index (Phi) is 3.11. The lowest BCUT2D eigenvalue weighted by molar-refractivity contribution is 0.268. The van der Waals surface area contributed by atoms with Crippen molar-refractivity contribution in [2.45, 2.75) is 38.6 Å². The van der Waals surface area contributed by atoms with Crippen LogP contribution in [-0.4, -0.2) is 19.0 Å². The fraction of sp³-hybridized carbons (Fsp3) is 0.571.